The van der Waals surface area contributed by atoms with Crippen molar-refractivity contribution in [2.45, 2.75) is 24.7 Å². The fraction of sp³-hybridized carbons (Fsp3) is 0.375. The van der Waals surface area contributed by atoms with Gasteiger partial charge in [-0.05, 0) is 25.0 Å². The van der Waals surface area contributed by atoms with Crippen LogP contribution in [0.15, 0.2) is 36.5 Å². The molecule has 1 aromatic carbocycles. The number of hydrogen-bond acceptors (Lipinski definition) is 3. The predicted molar refractivity (Wildman–Crippen MR) is 77.4 cm³/mol. The SMILES string of the molecule is Cn1nccc1CCC1(C(=O)O)CCOc2ccccc21. The Hall–Kier alpha value is -2.30. The van der Waals surface area contributed by atoms with E-state index in [0.29, 0.717) is 31.6 Å². The molecule has 1 aliphatic heterocycles. The summed E-state index contributed by atoms with van der Waals surface area (Å²) in [4.78, 5) is 12.0. The molecule has 5 nitrogen and oxygen atoms in total. The Morgan fingerprint density at radius 3 is 2.95 bits per heavy atom. The van der Waals surface area contributed by atoms with Crippen molar-refractivity contribution in [3.63, 3.8) is 0 Å². The van der Waals surface area contributed by atoms with Gasteiger partial charge in [0.1, 0.15) is 5.75 Å². The van der Waals surface area contributed by atoms with Gasteiger partial charge in [-0.15, -0.1) is 0 Å². The highest BCUT2D eigenvalue weighted by Crippen LogP contribution is 2.42. The predicted octanol–water partition coefficient (Wildman–Crippen LogP) is 2.16. The van der Waals surface area contributed by atoms with Gasteiger partial charge in [0.15, 0.2) is 0 Å². The van der Waals surface area contributed by atoms with E-state index < -0.39 is 11.4 Å². The van der Waals surface area contributed by atoms with Gasteiger partial charge in [-0.25, -0.2) is 0 Å². The fourth-order valence-corrected chi connectivity index (χ4v) is 3.03. The van der Waals surface area contributed by atoms with Crippen molar-refractivity contribution >= 4 is 5.97 Å². The van der Waals surface area contributed by atoms with Crippen LogP contribution in [-0.2, 0) is 23.7 Å². The van der Waals surface area contributed by atoms with E-state index >= 15 is 0 Å². The zero-order chi connectivity index (χ0) is 14.9. The molecular formula is C16H18N2O3. The van der Waals surface area contributed by atoms with Crippen molar-refractivity contribution in [1.82, 2.24) is 9.78 Å². The van der Waals surface area contributed by atoms with E-state index in [1.807, 2.05) is 37.4 Å². The molecule has 3 rings (SSSR count). The second-order valence-corrected chi connectivity index (χ2v) is 5.43. The van der Waals surface area contributed by atoms with Crippen molar-refractivity contribution in [2.75, 3.05) is 6.61 Å². The number of aromatic nitrogens is 2. The summed E-state index contributed by atoms with van der Waals surface area (Å²) in [5.41, 5.74) is 0.949. The number of rotatable bonds is 4. The maximum atomic E-state index is 12.0. The third-order valence-corrected chi connectivity index (χ3v) is 4.33. The molecule has 0 saturated carbocycles. The molecule has 2 aromatic rings. The lowest BCUT2D eigenvalue weighted by atomic mass is 9.72. The Kier molecular flexibility index (Phi) is 3.41. The third kappa shape index (κ3) is 2.28. The molecule has 1 aromatic heterocycles. The van der Waals surface area contributed by atoms with Crippen molar-refractivity contribution in [2.24, 2.45) is 7.05 Å². The largest absolute Gasteiger partial charge is 0.493 e. The minimum Gasteiger partial charge on any atom is -0.493 e. The number of carboxylic acids is 1. The Morgan fingerprint density at radius 1 is 1.43 bits per heavy atom. The molecule has 0 aliphatic carbocycles. The first-order chi connectivity index (χ1) is 10.1. The summed E-state index contributed by atoms with van der Waals surface area (Å²) in [6, 6.07) is 9.38. The molecule has 0 spiro atoms. The van der Waals surface area contributed by atoms with Crippen molar-refractivity contribution < 1.29 is 14.6 Å². The second-order valence-electron chi connectivity index (χ2n) is 5.43. The molecular weight excluding hydrogens is 268 g/mol. The summed E-state index contributed by atoms with van der Waals surface area (Å²) in [6.07, 6.45) is 3.46. The number of aliphatic carboxylic acids is 1. The minimum absolute atomic E-state index is 0.439. The number of ether oxygens (including phenoxy) is 1. The van der Waals surface area contributed by atoms with Crippen LogP contribution >= 0.6 is 0 Å². The molecule has 0 saturated heterocycles. The number of benzene rings is 1. The first kappa shape index (κ1) is 13.7. The molecule has 110 valence electrons. The summed E-state index contributed by atoms with van der Waals surface area (Å²) in [5.74, 6) is -0.0865. The fourth-order valence-electron chi connectivity index (χ4n) is 3.03. The maximum Gasteiger partial charge on any atom is 0.314 e. The highest BCUT2D eigenvalue weighted by atomic mass is 16.5. The molecule has 0 radical (unpaired) electrons. The molecule has 1 atom stereocenters. The minimum atomic E-state index is -0.876. The zero-order valence-corrected chi connectivity index (χ0v) is 12.0. The maximum absolute atomic E-state index is 12.0. The van der Waals surface area contributed by atoms with Crippen molar-refractivity contribution in [3.05, 3.63) is 47.8 Å². The summed E-state index contributed by atoms with van der Waals surface area (Å²) in [7, 11) is 1.88. The van der Waals surface area contributed by atoms with E-state index in [0.717, 1.165) is 11.3 Å². The quantitative estimate of drug-likeness (QED) is 0.935. The van der Waals surface area contributed by atoms with Crippen LogP contribution in [0, 0.1) is 0 Å². The van der Waals surface area contributed by atoms with E-state index in [-0.39, 0.29) is 0 Å². The Balaban J connectivity index is 1.94. The normalized spacial score (nSPS) is 20.6. The zero-order valence-electron chi connectivity index (χ0n) is 12.0. The Bertz CT molecular complexity index is 665. The van der Waals surface area contributed by atoms with Crippen molar-refractivity contribution in [1.29, 1.82) is 0 Å². The molecule has 2 heterocycles. The lowest BCUT2D eigenvalue weighted by Gasteiger charge is -2.35. The number of para-hydroxylation sites is 1. The molecule has 21 heavy (non-hydrogen) atoms. The van der Waals surface area contributed by atoms with Crippen LogP contribution in [0.4, 0.5) is 0 Å². The molecule has 0 bridgehead atoms. The number of carbonyl (C=O) groups is 1. The van der Waals surface area contributed by atoms with E-state index in [1.165, 1.54) is 0 Å². The summed E-state index contributed by atoms with van der Waals surface area (Å²) >= 11 is 0. The molecule has 0 fully saturated rings. The number of carboxylic acid groups (broad SMARTS) is 1. The summed E-state index contributed by atoms with van der Waals surface area (Å²) in [5, 5.41) is 14.0. The van der Waals surface area contributed by atoms with Gasteiger partial charge in [0, 0.05) is 30.9 Å². The molecule has 1 aliphatic rings. The smallest absolute Gasteiger partial charge is 0.314 e. The third-order valence-electron chi connectivity index (χ3n) is 4.33. The van der Waals surface area contributed by atoms with Crippen LogP contribution in [0.3, 0.4) is 0 Å². The van der Waals surface area contributed by atoms with Gasteiger partial charge in [0.05, 0.1) is 12.0 Å². The van der Waals surface area contributed by atoms with Gasteiger partial charge < -0.3 is 9.84 Å². The molecule has 1 unspecified atom stereocenters. The Labute approximate surface area is 123 Å². The van der Waals surface area contributed by atoms with E-state index in [9.17, 15) is 9.90 Å². The topological polar surface area (TPSA) is 64.4 Å². The van der Waals surface area contributed by atoms with Crippen LogP contribution in [-0.4, -0.2) is 27.5 Å². The first-order valence-electron chi connectivity index (χ1n) is 7.06. The van der Waals surface area contributed by atoms with Crippen LogP contribution in [0.5, 0.6) is 5.75 Å². The number of aryl methyl sites for hydroxylation is 2. The van der Waals surface area contributed by atoms with Gasteiger partial charge >= 0.3 is 5.97 Å². The van der Waals surface area contributed by atoms with Crippen LogP contribution < -0.4 is 4.74 Å². The first-order valence-corrected chi connectivity index (χ1v) is 7.06. The van der Waals surface area contributed by atoms with Gasteiger partial charge in [-0.3, -0.25) is 9.48 Å². The summed E-state index contributed by atoms with van der Waals surface area (Å²) < 4.78 is 7.40. The van der Waals surface area contributed by atoms with Gasteiger partial charge in [-0.1, -0.05) is 18.2 Å². The van der Waals surface area contributed by atoms with Gasteiger partial charge in [0.2, 0.25) is 0 Å². The molecule has 5 heteroatoms. The van der Waals surface area contributed by atoms with Crippen LogP contribution in [0.25, 0.3) is 0 Å². The average molecular weight is 286 g/mol. The highest BCUT2D eigenvalue weighted by Gasteiger charge is 2.44. The van der Waals surface area contributed by atoms with E-state index in [2.05, 4.69) is 5.10 Å². The highest BCUT2D eigenvalue weighted by molar-refractivity contribution is 5.83. The lowest BCUT2D eigenvalue weighted by Crippen LogP contribution is -2.41. The standard InChI is InChI=1S/C16H18N2O3/c1-18-12(7-10-17-18)6-8-16(15(19)20)9-11-21-14-5-3-2-4-13(14)16/h2-5,7,10H,6,8-9,11H2,1H3,(H,19,20). The lowest BCUT2D eigenvalue weighted by molar-refractivity contribution is -0.145. The average Bonchev–Trinajstić information content (AvgIpc) is 2.90. The van der Waals surface area contributed by atoms with Crippen LogP contribution in [0.2, 0.25) is 0 Å². The molecule has 0 amide bonds. The number of nitrogens with zero attached hydrogens (tertiary/aromatic N) is 2. The number of hydrogen-bond donors (Lipinski definition) is 1. The molecule has 1 N–H and O–H groups in total. The van der Waals surface area contributed by atoms with E-state index in [4.69, 9.17) is 4.74 Å². The van der Waals surface area contributed by atoms with Crippen molar-refractivity contribution in [3.8, 4) is 5.75 Å². The van der Waals surface area contributed by atoms with E-state index in [1.54, 1.807) is 10.9 Å². The second kappa shape index (κ2) is 5.24. The summed E-state index contributed by atoms with van der Waals surface area (Å²) in [6.45, 7) is 0.439. The van der Waals surface area contributed by atoms with Crippen LogP contribution in [0.1, 0.15) is 24.1 Å². The Morgan fingerprint density at radius 2 is 2.24 bits per heavy atom. The monoisotopic (exact) mass is 286 g/mol. The van der Waals surface area contributed by atoms with Gasteiger partial charge in [0.25, 0.3) is 0 Å². The number of fused-ring (bicyclic) bond motifs is 1. The van der Waals surface area contributed by atoms with Gasteiger partial charge in [-0.2, -0.15) is 5.10 Å².